The van der Waals surface area contributed by atoms with Crippen molar-refractivity contribution < 1.29 is 9.47 Å². The van der Waals surface area contributed by atoms with Crippen LogP contribution in [0.25, 0.3) is 0 Å². The van der Waals surface area contributed by atoms with Crippen molar-refractivity contribution in [1.82, 2.24) is 0 Å². The van der Waals surface area contributed by atoms with E-state index in [-0.39, 0.29) is 0 Å². The van der Waals surface area contributed by atoms with E-state index >= 15 is 0 Å². The second-order valence-corrected chi connectivity index (χ2v) is 6.08. The fourth-order valence-electron chi connectivity index (χ4n) is 3.03. The van der Waals surface area contributed by atoms with Crippen LogP contribution in [0.4, 0.5) is 17.1 Å². The van der Waals surface area contributed by atoms with Gasteiger partial charge in [0.05, 0.1) is 18.5 Å². The van der Waals surface area contributed by atoms with Crippen molar-refractivity contribution >= 4 is 17.1 Å². The monoisotopic (exact) mass is 317 g/mol. The Morgan fingerprint density at radius 3 is 1.79 bits per heavy atom. The van der Waals surface area contributed by atoms with Crippen LogP contribution >= 0.6 is 0 Å². The summed E-state index contributed by atoms with van der Waals surface area (Å²) in [6.07, 6.45) is 0. The van der Waals surface area contributed by atoms with Crippen LogP contribution < -0.4 is 14.4 Å². The first-order valence-electron chi connectivity index (χ1n) is 7.99. The topological polar surface area (TPSA) is 21.7 Å². The van der Waals surface area contributed by atoms with Crippen molar-refractivity contribution in [3.8, 4) is 17.2 Å². The molecule has 0 saturated heterocycles. The molecule has 1 aliphatic rings. The smallest absolute Gasteiger partial charge is 0.151 e. The van der Waals surface area contributed by atoms with Crippen LogP contribution in [0.15, 0.2) is 60.7 Å². The number of methoxy groups -OCH3 is 1. The van der Waals surface area contributed by atoms with Gasteiger partial charge in [-0.1, -0.05) is 12.1 Å². The maximum Gasteiger partial charge on any atom is 0.151 e. The third-order valence-corrected chi connectivity index (χ3v) is 4.26. The molecule has 0 fully saturated rings. The molecule has 0 bridgehead atoms. The third-order valence-electron chi connectivity index (χ3n) is 4.26. The standard InChI is InChI=1S/C21H19NO2/c1-14-4-10-18-20(12-14)24-21-13-15(2)5-11-19(21)22(18)16-6-8-17(23-3)9-7-16/h4-13H,1-3H3. The van der Waals surface area contributed by atoms with Crippen molar-refractivity contribution in [3.63, 3.8) is 0 Å². The molecule has 3 nitrogen and oxygen atoms in total. The minimum atomic E-state index is 0.847. The Morgan fingerprint density at radius 2 is 1.29 bits per heavy atom. The molecule has 0 N–H and O–H groups in total. The van der Waals surface area contributed by atoms with Gasteiger partial charge in [0.15, 0.2) is 11.5 Å². The van der Waals surface area contributed by atoms with Crippen LogP contribution in [0.1, 0.15) is 11.1 Å². The Kier molecular flexibility index (Phi) is 3.42. The number of hydrogen-bond donors (Lipinski definition) is 0. The van der Waals surface area contributed by atoms with Gasteiger partial charge >= 0.3 is 0 Å². The minimum absolute atomic E-state index is 0.847. The Balaban J connectivity index is 1.91. The normalized spacial score (nSPS) is 12.2. The molecule has 0 spiro atoms. The first kappa shape index (κ1) is 14.6. The van der Waals surface area contributed by atoms with E-state index in [9.17, 15) is 0 Å². The lowest BCUT2D eigenvalue weighted by molar-refractivity contribution is 0.415. The van der Waals surface area contributed by atoms with Gasteiger partial charge < -0.3 is 14.4 Å². The maximum absolute atomic E-state index is 6.17. The van der Waals surface area contributed by atoms with Gasteiger partial charge in [-0.2, -0.15) is 0 Å². The Bertz CT molecular complexity index is 849. The molecule has 4 rings (SSSR count). The molecule has 3 heteroatoms. The molecule has 120 valence electrons. The summed E-state index contributed by atoms with van der Waals surface area (Å²) in [5.74, 6) is 2.60. The molecule has 0 aliphatic carbocycles. The van der Waals surface area contributed by atoms with E-state index in [1.165, 1.54) is 11.1 Å². The zero-order chi connectivity index (χ0) is 16.7. The molecule has 3 aromatic rings. The van der Waals surface area contributed by atoms with Crippen molar-refractivity contribution in [2.75, 3.05) is 12.0 Å². The van der Waals surface area contributed by atoms with Crippen molar-refractivity contribution in [2.24, 2.45) is 0 Å². The second-order valence-electron chi connectivity index (χ2n) is 6.08. The van der Waals surface area contributed by atoms with E-state index in [1.807, 2.05) is 12.1 Å². The molecule has 0 saturated carbocycles. The van der Waals surface area contributed by atoms with E-state index in [2.05, 4.69) is 67.3 Å². The van der Waals surface area contributed by atoms with Crippen molar-refractivity contribution in [2.45, 2.75) is 13.8 Å². The largest absolute Gasteiger partial charge is 0.497 e. The van der Waals surface area contributed by atoms with Gasteiger partial charge in [0, 0.05) is 5.69 Å². The van der Waals surface area contributed by atoms with Crippen LogP contribution in [0.5, 0.6) is 17.2 Å². The number of nitrogens with zero attached hydrogens (tertiary/aromatic N) is 1. The second kappa shape index (κ2) is 5.60. The molecule has 0 aromatic heterocycles. The average molecular weight is 317 g/mol. The van der Waals surface area contributed by atoms with Crippen LogP contribution in [-0.2, 0) is 0 Å². The highest BCUT2D eigenvalue weighted by molar-refractivity contribution is 5.86. The van der Waals surface area contributed by atoms with Gasteiger partial charge in [0.2, 0.25) is 0 Å². The van der Waals surface area contributed by atoms with Crippen molar-refractivity contribution in [3.05, 3.63) is 71.8 Å². The molecule has 24 heavy (non-hydrogen) atoms. The third kappa shape index (κ3) is 2.38. The fraction of sp³-hybridized carbons (Fsp3) is 0.143. The summed E-state index contributed by atoms with van der Waals surface area (Å²) >= 11 is 0. The Labute approximate surface area is 142 Å². The van der Waals surface area contributed by atoms with E-state index in [0.29, 0.717) is 0 Å². The molecule has 0 atom stereocenters. The van der Waals surface area contributed by atoms with Crippen LogP contribution in [0.3, 0.4) is 0 Å². The molecule has 0 radical (unpaired) electrons. The summed E-state index contributed by atoms with van der Waals surface area (Å²) in [5.41, 5.74) is 5.53. The van der Waals surface area contributed by atoms with E-state index < -0.39 is 0 Å². The minimum Gasteiger partial charge on any atom is -0.497 e. The molecule has 3 aromatic carbocycles. The molecule has 1 aliphatic heterocycles. The highest BCUT2D eigenvalue weighted by atomic mass is 16.5. The molecule has 1 heterocycles. The summed E-state index contributed by atoms with van der Waals surface area (Å²) in [5, 5.41) is 0. The molecule has 0 unspecified atom stereocenters. The predicted molar refractivity (Wildman–Crippen MR) is 97.2 cm³/mol. The van der Waals surface area contributed by atoms with E-state index in [0.717, 1.165) is 34.3 Å². The summed E-state index contributed by atoms with van der Waals surface area (Å²) in [6.45, 7) is 4.15. The summed E-state index contributed by atoms with van der Waals surface area (Å²) in [7, 11) is 1.68. The maximum atomic E-state index is 6.17. The van der Waals surface area contributed by atoms with Crippen molar-refractivity contribution in [1.29, 1.82) is 0 Å². The van der Waals surface area contributed by atoms with Crippen LogP contribution in [0, 0.1) is 13.8 Å². The van der Waals surface area contributed by atoms with E-state index in [1.54, 1.807) is 7.11 Å². The van der Waals surface area contributed by atoms with Gasteiger partial charge in [-0.15, -0.1) is 0 Å². The number of ether oxygens (including phenoxy) is 2. The fourth-order valence-corrected chi connectivity index (χ4v) is 3.03. The van der Waals surface area contributed by atoms with Gasteiger partial charge in [-0.25, -0.2) is 0 Å². The van der Waals surface area contributed by atoms with Crippen LogP contribution in [-0.4, -0.2) is 7.11 Å². The van der Waals surface area contributed by atoms with Gasteiger partial charge in [0.25, 0.3) is 0 Å². The quantitative estimate of drug-likeness (QED) is 0.460. The Morgan fingerprint density at radius 1 is 0.750 bits per heavy atom. The average Bonchev–Trinajstić information content (AvgIpc) is 2.59. The number of aryl methyl sites for hydroxylation is 2. The summed E-state index contributed by atoms with van der Waals surface area (Å²) < 4.78 is 11.5. The number of hydrogen-bond acceptors (Lipinski definition) is 3. The molecule has 0 amide bonds. The highest BCUT2D eigenvalue weighted by Gasteiger charge is 2.25. The summed E-state index contributed by atoms with van der Waals surface area (Å²) in [4.78, 5) is 2.23. The molecular weight excluding hydrogens is 298 g/mol. The number of anilines is 3. The zero-order valence-corrected chi connectivity index (χ0v) is 14.0. The highest BCUT2D eigenvalue weighted by Crippen LogP contribution is 2.50. The van der Waals surface area contributed by atoms with Gasteiger partial charge in [0.1, 0.15) is 5.75 Å². The first-order valence-corrected chi connectivity index (χ1v) is 7.99. The molecular formula is C21H19NO2. The van der Waals surface area contributed by atoms with Crippen LogP contribution in [0.2, 0.25) is 0 Å². The lowest BCUT2D eigenvalue weighted by Crippen LogP contribution is -2.16. The first-order chi connectivity index (χ1) is 11.7. The predicted octanol–water partition coefficient (Wildman–Crippen LogP) is 5.89. The Hall–Kier alpha value is -2.94. The number of fused-ring (bicyclic) bond motifs is 2. The van der Waals surface area contributed by atoms with Gasteiger partial charge in [-0.3, -0.25) is 0 Å². The van der Waals surface area contributed by atoms with E-state index in [4.69, 9.17) is 9.47 Å². The summed E-state index contributed by atoms with van der Waals surface area (Å²) in [6, 6.07) is 20.7. The zero-order valence-electron chi connectivity index (χ0n) is 14.0. The number of rotatable bonds is 2. The van der Waals surface area contributed by atoms with Gasteiger partial charge in [-0.05, 0) is 73.5 Å². The SMILES string of the molecule is COc1ccc(N2c3ccc(C)cc3Oc3cc(C)ccc32)cc1. The number of benzene rings is 3. The lowest BCUT2D eigenvalue weighted by Gasteiger charge is -2.33. The lowest BCUT2D eigenvalue weighted by atomic mass is 10.1.